The van der Waals surface area contributed by atoms with E-state index in [9.17, 15) is 19.2 Å². The Morgan fingerprint density at radius 3 is 2.46 bits per heavy atom. The minimum atomic E-state index is -1.08. The summed E-state index contributed by atoms with van der Waals surface area (Å²) in [6.45, 7) is 2.85. The number of hydrogen-bond acceptors (Lipinski definition) is 9. The van der Waals surface area contributed by atoms with Crippen molar-refractivity contribution < 1.29 is 33.4 Å². The van der Waals surface area contributed by atoms with Gasteiger partial charge in [-0.1, -0.05) is 42.5 Å². The molecule has 0 spiro atoms. The van der Waals surface area contributed by atoms with E-state index in [4.69, 9.17) is 19.9 Å². The van der Waals surface area contributed by atoms with Crippen molar-refractivity contribution in [2.45, 2.75) is 62.0 Å². The number of piperidine rings is 1. The zero-order chi connectivity index (χ0) is 29.2. The third kappa shape index (κ3) is 8.71. The van der Waals surface area contributed by atoms with Crippen molar-refractivity contribution in [2.24, 2.45) is 11.7 Å². The minimum Gasteiger partial charge on any atom is -0.463 e. The second kappa shape index (κ2) is 14.9. The third-order valence-electron chi connectivity index (χ3n) is 7.14. The highest BCUT2D eigenvalue weighted by atomic mass is 32.2. The number of likely N-dealkylation sites (tertiary alicyclic amines) is 1. The monoisotopic (exact) mass is 583 g/mol. The van der Waals surface area contributed by atoms with Crippen LogP contribution in [0.5, 0.6) is 0 Å². The summed E-state index contributed by atoms with van der Waals surface area (Å²) in [5.41, 5.74) is 7.60. The normalized spacial score (nSPS) is 18.2. The van der Waals surface area contributed by atoms with Gasteiger partial charge in [0.2, 0.25) is 5.91 Å². The Hall–Kier alpha value is -3.57. The molecule has 0 saturated carbocycles. The molecule has 2 N–H and O–H groups in total. The lowest BCUT2D eigenvalue weighted by Crippen LogP contribution is -2.41. The average Bonchev–Trinajstić information content (AvgIpc) is 3.09. The van der Waals surface area contributed by atoms with Gasteiger partial charge in [0.25, 0.3) is 0 Å². The first-order valence-electron chi connectivity index (χ1n) is 14.0. The van der Waals surface area contributed by atoms with Gasteiger partial charge in [-0.3, -0.25) is 14.5 Å². The largest absolute Gasteiger partial charge is 0.463 e. The molecule has 2 aromatic rings. The molecule has 1 saturated heterocycles. The van der Waals surface area contributed by atoms with Crippen LogP contribution in [0.3, 0.4) is 0 Å². The van der Waals surface area contributed by atoms with Gasteiger partial charge in [-0.25, -0.2) is 9.59 Å². The highest BCUT2D eigenvalue weighted by Gasteiger charge is 2.32. The maximum atomic E-state index is 13.0. The lowest BCUT2D eigenvalue weighted by molar-refractivity contribution is -0.167. The van der Waals surface area contributed by atoms with Gasteiger partial charge in [0.05, 0.1) is 24.1 Å². The summed E-state index contributed by atoms with van der Waals surface area (Å²) in [5.74, 6) is -1.33. The van der Waals surface area contributed by atoms with Crippen LogP contribution in [0.2, 0.25) is 0 Å². The second-order valence-corrected chi connectivity index (χ2v) is 11.4. The molecular weight excluding hydrogens is 546 g/mol. The number of nitrogens with zero attached hydrogens (tertiary/aromatic N) is 2. The van der Waals surface area contributed by atoms with E-state index in [2.05, 4.69) is 0 Å². The molecule has 1 fully saturated rings. The highest BCUT2D eigenvalue weighted by molar-refractivity contribution is 8.00. The Morgan fingerprint density at radius 2 is 1.73 bits per heavy atom. The molecule has 0 aromatic heterocycles. The topological polar surface area (TPSA) is 128 Å². The summed E-state index contributed by atoms with van der Waals surface area (Å²) in [7, 11) is 0. The van der Waals surface area contributed by atoms with Crippen LogP contribution in [-0.4, -0.2) is 66.6 Å². The molecule has 2 aromatic carbocycles. The van der Waals surface area contributed by atoms with E-state index >= 15 is 0 Å². The maximum absolute atomic E-state index is 13.0. The van der Waals surface area contributed by atoms with E-state index in [0.29, 0.717) is 31.6 Å². The first kappa shape index (κ1) is 30.4. The van der Waals surface area contributed by atoms with Gasteiger partial charge < -0.3 is 24.8 Å². The molecule has 0 bridgehead atoms. The number of esters is 2. The number of carbonyl (C=O) groups excluding carboxylic acids is 4. The fraction of sp³-hybridized carbons (Fsp3) is 0.467. The number of fused-ring (bicyclic) bond motifs is 1. The standard InChI is InChI=1S/C30H37N3O7S/c1-2-38-29(36)24(40-28(35)19-33-23-10-6-7-11-25(23)41-26(31)18-27(33)34)13-12-21-14-16-32(17-15-21)30(37)39-20-22-8-4-3-5-9-22/h3-11,21,24,26H,2,12-20,31H2,1H3/t24-,26+/m0/s1. The van der Waals surface area contributed by atoms with Crippen LogP contribution < -0.4 is 10.6 Å². The van der Waals surface area contributed by atoms with Crippen molar-refractivity contribution in [3.8, 4) is 0 Å². The molecule has 41 heavy (non-hydrogen) atoms. The smallest absolute Gasteiger partial charge is 0.410 e. The predicted octanol–water partition coefficient (Wildman–Crippen LogP) is 4.10. The molecule has 220 valence electrons. The Morgan fingerprint density at radius 1 is 1.02 bits per heavy atom. The molecule has 2 aliphatic heterocycles. The first-order chi connectivity index (χ1) is 19.8. The van der Waals surface area contributed by atoms with Crippen molar-refractivity contribution in [1.29, 1.82) is 0 Å². The molecule has 4 rings (SSSR count). The zero-order valence-electron chi connectivity index (χ0n) is 23.2. The SMILES string of the molecule is CCOC(=O)[C@H](CCC1CCN(C(=O)OCc2ccccc2)CC1)OC(=O)CN1C(=O)C[C@H](N)Sc2ccccc21. The summed E-state index contributed by atoms with van der Waals surface area (Å²) >= 11 is 1.38. The first-order valence-corrected chi connectivity index (χ1v) is 14.8. The van der Waals surface area contributed by atoms with Crippen LogP contribution in [0.25, 0.3) is 0 Å². The van der Waals surface area contributed by atoms with E-state index in [-0.39, 0.29) is 44.1 Å². The summed E-state index contributed by atoms with van der Waals surface area (Å²) in [6.07, 6.45) is 1.08. The number of para-hydroxylation sites is 1. The number of ether oxygens (including phenoxy) is 3. The van der Waals surface area contributed by atoms with E-state index in [1.54, 1.807) is 24.0 Å². The third-order valence-corrected chi connectivity index (χ3v) is 8.21. The van der Waals surface area contributed by atoms with Crippen LogP contribution >= 0.6 is 11.8 Å². The van der Waals surface area contributed by atoms with Crippen molar-refractivity contribution in [2.75, 3.05) is 31.1 Å². The summed E-state index contributed by atoms with van der Waals surface area (Å²) < 4.78 is 16.2. The van der Waals surface area contributed by atoms with Gasteiger partial charge in [-0.05, 0) is 56.2 Å². The fourth-order valence-corrected chi connectivity index (χ4v) is 5.97. The summed E-state index contributed by atoms with van der Waals surface area (Å²) in [5, 5.41) is -0.422. The number of amides is 2. The van der Waals surface area contributed by atoms with E-state index < -0.39 is 23.4 Å². The van der Waals surface area contributed by atoms with Gasteiger partial charge in [0, 0.05) is 18.0 Å². The van der Waals surface area contributed by atoms with E-state index in [0.717, 1.165) is 23.3 Å². The predicted molar refractivity (Wildman–Crippen MR) is 154 cm³/mol. The Balaban J connectivity index is 1.28. The average molecular weight is 584 g/mol. The molecular formula is C30H37N3O7S. The number of thioether (sulfide) groups is 1. The number of benzene rings is 2. The zero-order valence-corrected chi connectivity index (χ0v) is 24.1. The lowest BCUT2D eigenvalue weighted by Gasteiger charge is -2.31. The molecule has 10 nitrogen and oxygen atoms in total. The molecule has 0 unspecified atom stereocenters. The van der Waals surface area contributed by atoms with Crippen molar-refractivity contribution in [3.63, 3.8) is 0 Å². The van der Waals surface area contributed by atoms with Gasteiger partial charge in [-0.15, -0.1) is 11.8 Å². The van der Waals surface area contributed by atoms with E-state index in [1.807, 2.05) is 42.5 Å². The number of anilines is 1. The lowest BCUT2D eigenvalue weighted by atomic mass is 9.91. The van der Waals surface area contributed by atoms with Crippen LogP contribution in [0.15, 0.2) is 59.5 Å². The summed E-state index contributed by atoms with van der Waals surface area (Å²) in [4.78, 5) is 54.9. The van der Waals surface area contributed by atoms with E-state index in [1.165, 1.54) is 16.7 Å². The molecule has 2 atom stereocenters. The Bertz CT molecular complexity index is 1200. The molecule has 2 aliphatic rings. The number of rotatable bonds is 10. The van der Waals surface area contributed by atoms with Crippen LogP contribution in [-0.2, 0) is 35.2 Å². The van der Waals surface area contributed by atoms with Crippen molar-refractivity contribution >= 4 is 41.4 Å². The summed E-state index contributed by atoms with van der Waals surface area (Å²) in [6, 6.07) is 16.8. The van der Waals surface area contributed by atoms with Crippen LogP contribution in [0, 0.1) is 5.92 Å². The van der Waals surface area contributed by atoms with Gasteiger partial charge in [-0.2, -0.15) is 0 Å². The highest BCUT2D eigenvalue weighted by Crippen LogP contribution is 2.36. The Kier molecular flexibility index (Phi) is 11.0. The quantitative estimate of drug-likeness (QED) is 0.325. The van der Waals surface area contributed by atoms with Crippen molar-refractivity contribution in [3.05, 3.63) is 60.2 Å². The molecule has 2 heterocycles. The molecule has 0 radical (unpaired) electrons. The van der Waals surface area contributed by atoms with Gasteiger partial charge in [0.1, 0.15) is 13.2 Å². The number of carbonyl (C=O) groups is 4. The van der Waals surface area contributed by atoms with Crippen LogP contribution in [0.4, 0.5) is 10.5 Å². The molecule has 2 amide bonds. The van der Waals surface area contributed by atoms with Crippen molar-refractivity contribution in [1.82, 2.24) is 4.90 Å². The number of hydrogen-bond donors (Lipinski definition) is 1. The molecule has 11 heteroatoms. The fourth-order valence-electron chi connectivity index (χ4n) is 4.96. The number of nitrogens with two attached hydrogens (primary N) is 1. The molecule has 0 aliphatic carbocycles. The maximum Gasteiger partial charge on any atom is 0.410 e. The Labute approximate surface area is 244 Å². The van der Waals surface area contributed by atoms with Crippen LogP contribution in [0.1, 0.15) is 44.6 Å². The van der Waals surface area contributed by atoms with Gasteiger partial charge in [0.15, 0.2) is 6.10 Å². The minimum absolute atomic E-state index is 0.0758. The second-order valence-electron chi connectivity index (χ2n) is 10.1. The van der Waals surface area contributed by atoms with Gasteiger partial charge >= 0.3 is 18.0 Å².